The molecule has 0 aliphatic heterocycles. The summed E-state index contributed by atoms with van der Waals surface area (Å²) in [5, 5.41) is 2.31. The Kier molecular flexibility index (Phi) is 4.10. The molecular weight excluding hydrogens is 272 g/mol. The van der Waals surface area contributed by atoms with Crippen LogP contribution in [-0.4, -0.2) is 14.2 Å². The molecule has 2 heteroatoms. The van der Waals surface area contributed by atoms with Crippen LogP contribution in [0, 0.1) is 0 Å². The molecular formula is C20H18O2. The van der Waals surface area contributed by atoms with Gasteiger partial charge in [-0.1, -0.05) is 54.6 Å². The molecule has 0 aliphatic rings. The lowest BCUT2D eigenvalue weighted by atomic mass is 10.0. The summed E-state index contributed by atoms with van der Waals surface area (Å²) >= 11 is 0. The van der Waals surface area contributed by atoms with Gasteiger partial charge in [-0.2, -0.15) is 0 Å². The third-order valence-corrected chi connectivity index (χ3v) is 3.71. The number of fused-ring (bicyclic) bond motifs is 1. The topological polar surface area (TPSA) is 18.5 Å². The van der Waals surface area contributed by atoms with Crippen molar-refractivity contribution in [2.24, 2.45) is 0 Å². The molecule has 0 unspecified atom stereocenters. The molecule has 0 aliphatic carbocycles. The largest absolute Gasteiger partial charge is 0.497 e. The van der Waals surface area contributed by atoms with Crippen molar-refractivity contribution in [3.63, 3.8) is 0 Å². The minimum atomic E-state index is 0.868. The third-order valence-electron chi connectivity index (χ3n) is 3.71. The Bertz CT molecular complexity index is 802. The molecule has 0 spiro atoms. The summed E-state index contributed by atoms with van der Waals surface area (Å²) in [6, 6.07) is 20.4. The van der Waals surface area contributed by atoms with Crippen LogP contribution in [0.1, 0.15) is 11.1 Å². The molecule has 0 saturated carbocycles. The number of hydrogen-bond acceptors (Lipinski definition) is 2. The lowest BCUT2D eigenvalue weighted by molar-refractivity contribution is 0.415. The zero-order valence-electron chi connectivity index (χ0n) is 12.7. The van der Waals surface area contributed by atoms with E-state index in [1.54, 1.807) is 14.2 Å². The Morgan fingerprint density at radius 2 is 1.41 bits per heavy atom. The quantitative estimate of drug-likeness (QED) is 0.628. The van der Waals surface area contributed by atoms with Gasteiger partial charge in [0.25, 0.3) is 0 Å². The maximum Gasteiger partial charge on any atom is 0.126 e. The van der Waals surface area contributed by atoms with Crippen molar-refractivity contribution in [3.05, 3.63) is 71.8 Å². The summed E-state index contributed by atoms with van der Waals surface area (Å²) in [6.07, 6.45) is 4.23. The van der Waals surface area contributed by atoms with Crippen molar-refractivity contribution in [2.75, 3.05) is 14.2 Å². The van der Waals surface area contributed by atoms with Crippen molar-refractivity contribution in [2.45, 2.75) is 0 Å². The van der Waals surface area contributed by atoms with Gasteiger partial charge >= 0.3 is 0 Å². The first-order chi connectivity index (χ1) is 10.8. The van der Waals surface area contributed by atoms with Gasteiger partial charge in [0.1, 0.15) is 11.5 Å². The summed E-state index contributed by atoms with van der Waals surface area (Å²) in [7, 11) is 3.38. The van der Waals surface area contributed by atoms with Crippen molar-refractivity contribution in [3.8, 4) is 11.5 Å². The lowest BCUT2D eigenvalue weighted by Gasteiger charge is -2.08. The van der Waals surface area contributed by atoms with Crippen LogP contribution in [0.25, 0.3) is 22.9 Å². The van der Waals surface area contributed by atoms with Crippen LogP contribution in [0.4, 0.5) is 0 Å². The van der Waals surface area contributed by atoms with Gasteiger partial charge in [0.2, 0.25) is 0 Å². The van der Waals surface area contributed by atoms with E-state index in [1.807, 2.05) is 42.5 Å². The lowest BCUT2D eigenvalue weighted by Crippen LogP contribution is -1.86. The first-order valence-corrected chi connectivity index (χ1v) is 7.19. The van der Waals surface area contributed by atoms with E-state index in [2.05, 4.69) is 30.4 Å². The molecule has 3 rings (SSSR count). The average molecular weight is 290 g/mol. The molecule has 3 aromatic rings. The SMILES string of the molecule is COc1ccc(C=Cc2ccc(OC)c3ccccc23)cc1. The number of ether oxygens (including phenoxy) is 2. The molecule has 22 heavy (non-hydrogen) atoms. The van der Waals surface area contributed by atoms with Gasteiger partial charge < -0.3 is 9.47 Å². The summed E-state index contributed by atoms with van der Waals surface area (Å²) in [5.74, 6) is 1.77. The summed E-state index contributed by atoms with van der Waals surface area (Å²) in [6.45, 7) is 0. The van der Waals surface area contributed by atoms with Gasteiger partial charge in [0, 0.05) is 5.39 Å². The second kappa shape index (κ2) is 6.35. The van der Waals surface area contributed by atoms with Gasteiger partial charge in [-0.3, -0.25) is 0 Å². The van der Waals surface area contributed by atoms with E-state index in [4.69, 9.17) is 9.47 Å². The van der Waals surface area contributed by atoms with E-state index in [9.17, 15) is 0 Å². The maximum absolute atomic E-state index is 5.43. The fourth-order valence-corrected chi connectivity index (χ4v) is 2.52. The monoisotopic (exact) mass is 290 g/mol. The Balaban J connectivity index is 1.98. The van der Waals surface area contributed by atoms with E-state index in [0.717, 1.165) is 22.4 Å². The maximum atomic E-state index is 5.43. The fraction of sp³-hybridized carbons (Fsp3) is 0.100. The van der Waals surface area contributed by atoms with Crippen LogP contribution in [0.3, 0.4) is 0 Å². The Morgan fingerprint density at radius 1 is 0.682 bits per heavy atom. The van der Waals surface area contributed by atoms with Crippen LogP contribution in [0.5, 0.6) is 11.5 Å². The predicted molar refractivity (Wildman–Crippen MR) is 92.4 cm³/mol. The van der Waals surface area contributed by atoms with Gasteiger partial charge in [-0.15, -0.1) is 0 Å². The molecule has 0 heterocycles. The van der Waals surface area contributed by atoms with Crippen molar-refractivity contribution < 1.29 is 9.47 Å². The van der Waals surface area contributed by atoms with Crippen molar-refractivity contribution in [1.29, 1.82) is 0 Å². The first-order valence-electron chi connectivity index (χ1n) is 7.19. The second-order valence-corrected chi connectivity index (χ2v) is 5.01. The zero-order chi connectivity index (χ0) is 15.4. The van der Waals surface area contributed by atoms with Crippen LogP contribution in [0.2, 0.25) is 0 Å². The highest BCUT2D eigenvalue weighted by Crippen LogP contribution is 2.29. The van der Waals surface area contributed by atoms with Crippen molar-refractivity contribution >= 4 is 22.9 Å². The van der Waals surface area contributed by atoms with Crippen LogP contribution in [0.15, 0.2) is 60.7 Å². The average Bonchev–Trinajstić information content (AvgIpc) is 2.60. The molecule has 0 atom stereocenters. The Hall–Kier alpha value is -2.74. The van der Waals surface area contributed by atoms with Gasteiger partial charge in [0.05, 0.1) is 14.2 Å². The molecule has 0 saturated heterocycles. The van der Waals surface area contributed by atoms with Crippen LogP contribution < -0.4 is 9.47 Å². The summed E-state index contributed by atoms with van der Waals surface area (Å²) in [5.41, 5.74) is 2.31. The predicted octanol–water partition coefficient (Wildman–Crippen LogP) is 5.03. The highest BCUT2D eigenvalue weighted by atomic mass is 16.5. The van der Waals surface area contributed by atoms with Crippen molar-refractivity contribution in [1.82, 2.24) is 0 Å². The van der Waals surface area contributed by atoms with Gasteiger partial charge in [-0.25, -0.2) is 0 Å². The number of hydrogen-bond donors (Lipinski definition) is 0. The molecule has 0 bridgehead atoms. The Labute approximate surface area is 130 Å². The standard InChI is InChI=1S/C20H18O2/c1-21-17-12-8-15(9-13-17)7-10-16-11-14-20(22-2)19-6-4-3-5-18(16)19/h3-14H,1-2H3. The van der Waals surface area contributed by atoms with E-state index in [-0.39, 0.29) is 0 Å². The van der Waals surface area contributed by atoms with E-state index >= 15 is 0 Å². The molecule has 110 valence electrons. The van der Waals surface area contributed by atoms with Gasteiger partial charge in [0.15, 0.2) is 0 Å². The Morgan fingerprint density at radius 3 is 2.09 bits per heavy atom. The number of benzene rings is 3. The van der Waals surface area contributed by atoms with E-state index in [1.165, 1.54) is 10.9 Å². The van der Waals surface area contributed by atoms with Crippen LogP contribution in [-0.2, 0) is 0 Å². The molecule has 0 radical (unpaired) electrons. The van der Waals surface area contributed by atoms with Crippen LogP contribution >= 0.6 is 0 Å². The second-order valence-electron chi connectivity index (χ2n) is 5.01. The minimum absolute atomic E-state index is 0.868. The van der Waals surface area contributed by atoms with Gasteiger partial charge in [-0.05, 0) is 34.7 Å². The molecule has 0 aromatic heterocycles. The molecule has 0 fully saturated rings. The normalized spacial score (nSPS) is 11.0. The minimum Gasteiger partial charge on any atom is -0.497 e. The van der Waals surface area contributed by atoms with E-state index in [0.29, 0.717) is 0 Å². The fourth-order valence-electron chi connectivity index (χ4n) is 2.52. The highest BCUT2D eigenvalue weighted by molar-refractivity contribution is 5.96. The molecule has 0 amide bonds. The third kappa shape index (κ3) is 2.82. The smallest absolute Gasteiger partial charge is 0.126 e. The summed E-state index contributed by atoms with van der Waals surface area (Å²) in [4.78, 5) is 0. The highest BCUT2D eigenvalue weighted by Gasteiger charge is 2.03. The first kappa shape index (κ1) is 14.2. The number of methoxy groups -OCH3 is 2. The molecule has 3 aromatic carbocycles. The zero-order valence-corrected chi connectivity index (χ0v) is 12.7. The molecule has 0 N–H and O–H groups in total. The van der Waals surface area contributed by atoms with E-state index < -0.39 is 0 Å². The summed E-state index contributed by atoms with van der Waals surface area (Å²) < 4.78 is 10.6. The number of rotatable bonds is 4. The molecule has 2 nitrogen and oxygen atoms in total.